The highest BCUT2D eigenvalue weighted by Crippen LogP contribution is 2.20. The van der Waals surface area contributed by atoms with Crippen molar-refractivity contribution in [2.24, 2.45) is 0 Å². The molecule has 0 bridgehead atoms. The maximum absolute atomic E-state index is 13.7. The van der Waals surface area contributed by atoms with Crippen molar-refractivity contribution in [3.63, 3.8) is 0 Å². The molecular weight excluding hydrogens is 289 g/mol. The minimum atomic E-state index is -0.258. The van der Waals surface area contributed by atoms with Gasteiger partial charge in [-0.15, -0.1) is 0 Å². The number of nitrogens with one attached hydrogen (secondary N) is 1. The van der Waals surface area contributed by atoms with Crippen LogP contribution in [-0.2, 0) is 6.54 Å². The zero-order valence-electron chi connectivity index (χ0n) is 12.5. The Morgan fingerprint density at radius 1 is 0.826 bits per heavy atom. The molecule has 23 heavy (non-hydrogen) atoms. The Bertz CT molecular complexity index is 815. The molecule has 0 fully saturated rings. The maximum atomic E-state index is 13.7. The van der Waals surface area contributed by atoms with Crippen LogP contribution in [0, 0.1) is 5.82 Å². The molecule has 0 unspecified atom stereocenters. The molecule has 0 aliphatic carbocycles. The lowest BCUT2D eigenvalue weighted by atomic mass is 10.0. The van der Waals surface area contributed by atoms with E-state index in [1.807, 2.05) is 36.4 Å². The Balaban J connectivity index is 1.84. The molecule has 3 aromatic carbocycles. The highest BCUT2D eigenvalue weighted by atomic mass is 19.1. The third-order valence-electron chi connectivity index (χ3n) is 3.63. The fraction of sp³-hybridized carbons (Fsp3) is 0.0500. The SMILES string of the molecule is O=C(c1ccccc1)c1ccccc1NCc1ccccc1F. The highest BCUT2D eigenvalue weighted by molar-refractivity contribution is 6.12. The number of halogens is 1. The number of benzene rings is 3. The van der Waals surface area contributed by atoms with Crippen LogP contribution in [0.5, 0.6) is 0 Å². The van der Waals surface area contributed by atoms with Crippen molar-refractivity contribution in [3.8, 4) is 0 Å². The standard InChI is InChI=1S/C20H16FNO/c21-18-12-6-4-10-16(18)14-22-19-13-7-5-11-17(19)20(23)15-8-2-1-3-9-15/h1-13,22H,14H2. The molecule has 3 rings (SSSR count). The largest absolute Gasteiger partial charge is 0.380 e. The number of ketones is 1. The van der Waals surface area contributed by atoms with Crippen molar-refractivity contribution in [1.29, 1.82) is 0 Å². The van der Waals surface area contributed by atoms with Crippen molar-refractivity contribution in [1.82, 2.24) is 0 Å². The molecule has 0 atom stereocenters. The Kier molecular flexibility index (Phi) is 4.48. The zero-order valence-corrected chi connectivity index (χ0v) is 12.5. The summed E-state index contributed by atoms with van der Waals surface area (Å²) in [7, 11) is 0. The van der Waals surface area contributed by atoms with Crippen molar-refractivity contribution in [2.75, 3.05) is 5.32 Å². The lowest BCUT2D eigenvalue weighted by Gasteiger charge is -2.12. The molecule has 2 nitrogen and oxygen atoms in total. The summed E-state index contributed by atoms with van der Waals surface area (Å²) in [4.78, 5) is 12.6. The van der Waals surface area contributed by atoms with Crippen LogP contribution in [0.3, 0.4) is 0 Å². The molecule has 0 radical (unpaired) electrons. The average Bonchev–Trinajstić information content (AvgIpc) is 2.61. The second kappa shape index (κ2) is 6.88. The summed E-state index contributed by atoms with van der Waals surface area (Å²) in [6.45, 7) is 0.325. The quantitative estimate of drug-likeness (QED) is 0.694. The Morgan fingerprint density at radius 2 is 1.48 bits per heavy atom. The van der Waals surface area contributed by atoms with Gasteiger partial charge < -0.3 is 5.32 Å². The molecule has 0 spiro atoms. The monoisotopic (exact) mass is 305 g/mol. The van der Waals surface area contributed by atoms with Crippen LogP contribution in [-0.4, -0.2) is 5.78 Å². The Hall–Kier alpha value is -2.94. The minimum absolute atomic E-state index is 0.0535. The number of hydrogen-bond donors (Lipinski definition) is 1. The Morgan fingerprint density at radius 3 is 2.26 bits per heavy atom. The number of rotatable bonds is 5. The van der Waals surface area contributed by atoms with Crippen LogP contribution >= 0.6 is 0 Å². The summed E-state index contributed by atoms with van der Waals surface area (Å²) in [5.41, 5.74) is 2.47. The van der Waals surface area contributed by atoms with Gasteiger partial charge in [-0.1, -0.05) is 60.7 Å². The molecule has 0 saturated carbocycles. The van der Waals surface area contributed by atoms with Gasteiger partial charge >= 0.3 is 0 Å². The van der Waals surface area contributed by atoms with Gasteiger partial charge in [0.25, 0.3) is 0 Å². The molecule has 0 amide bonds. The lowest BCUT2D eigenvalue weighted by molar-refractivity contribution is 0.103. The highest BCUT2D eigenvalue weighted by Gasteiger charge is 2.13. The zero-order chi connectivity index (χ0) is 16.1. The first-order chi connectivity index (χ1) is 11.3. The molecule has 0 aliphatic rings. The van der Waals surface area contributed by atoms with Crippen LogP contribution in [0.1, 0.15) is 21.5 Å². The summed E-state index contributed by atoms with van der Waals surface area (Å²) in [5.74, 6) is -0.311. The van der Waals surface area contributed by atoms with Gasteiger partial charge in [-0.2, -0.15) is 0 Å². The average molecular weight is 305 g/mol. The molecule has 0 aliphatic heterocycles. The predicted octanol–water partition coefficient (Wildman–Crippen LogP) is 4.67. The van der Waals surface area contributed by atoms with Crippen LogP contribution in [0.25, 0.3) is 0 Å². The van der Waals surface area contributed by atoms with Crippen LogP contribution < -0.4 is 5.32 Å². The number of carbonyl (C=O) groups excluding carboxylic acids is 1. The summed E-state index contributed by atoms with van der Waals surface area (Å²) < 4.78 is 13.7. The second-order valence-corrected chi connectivity index (χ2v) is 5.19. The van der Waals surface area contributed by atoms with Gasteiger partial charge in [-0.05, 0) is 18.2 Å². The lowest BCUT2D eigenvalue weighted by Crippen LogP contribution is -2.08. The van der Waals surface area contributed by atoms with Gasteiger partial charge in [0.15, 0.2) is 5.78 Å². The van der Waals surface area contributed by atoms with Crippen LogP contribution in [0.4, 0.5) is 10.1 Å². The Labute approximate surface area is 134 Å². The van der Waals surface area contributed by atoms with Gasteiger partial charge in [-0.25, -0.2) is 4.39 Å². The van der Waals surface area contributed by atoms with E-state index in [4.69, 9.17) is 0 Å². The smallest absolute Gasteiger partial charge is 0.195 e. The van der Waals surface area contributed by atoms with Crippen LogP contribution in [0.2, 0.25) is 0 Å². The van der Waals surface area contributed by atoms with Gasteiger partial charge in [0, 0.05) is 28.9 Å². The van der Waals surface area contributed by atoms with Crippen molar-refractivity contribution in [2.45, 2.75) is 6.54 Å². The second-order valence-electron chi connectivity index (χ2n) is 5.19. The molecule has 3 heteroatoms. The number of carbonyl (C=O) groups is 1. The van der Waals surface area contributed by atoms with E-state index < -0.39 is 0 Å². The summed E-state index contributed by atoms with van der Waals surface area (Å²) in [6.07, 6.45) is 0. The van der Waals surface area contributed by atoms with Gasteiger partial charge in [0.2, 0.25) is 0 Å². The molecule has 0 heterocycles. The van der Waals surface area contributed by atoms with Crippen LogP contribution in [0.15, 0.2) is 78.9 Å². The summed E-state index contributed by atoms with van der Waals surface area (Å²) >= 11 is 0. The predicted molar refractivity (Wildman–Crippen MR) is 90.0 cm³/mol. The van der Waals surface area contributed by atoms with E-state index in [0.717, 1.165) is 0 Å². The first-order valence-electron chi connectivity index (χ1n) is 7.42. The van der Waals surface area contributed by atoms with E-state index in [0.29, 0.717) is 28.9 Å². The van der Waals surface area contributed by atoms with E-state index in [1.165, 1.54) is 6.07 Å². The fourth-order valence-corrected chi connectivity index (χ4v) is 2.41. The molecule has 114 valence electrons. The molecular formula is C20H16FNO. The fourth-order valence-electron chi connectivity index (χ4n) is 2.41. The summed E-state index contributed by atoms with van der Waals surface area (Å²) in [5, 5.41) is 3.16. The molecule has 3 aromatic rings. The van der Waals surface area contributed by atoms with E-state index in [-0.39, 0.29) is 11.6 Å². The normalized spacial score (nSPS) is 10.3. The third kappa shape index (κ3) is 3.46. The van der Waals surface area contributed by atoms with E-state index >= 15 is 0 Å². The van der Waals surface area contributed by atoms with Crippen molar-refractivity contribution in [3.05, 3.63) is 101 Å². The number of hydrogen-bond acceptors (Lipinski definition) is 2. The van der Waals surface area contributed by atoms with E-state index in [1.54, 1.807) is 36.4 Å². The van der Waals surface area contributed by atoms with E-state index in [2.05, 4.69) is 5.32 Å². The van der Waals surface area contributed by atoms with Gasteiger partial charge in [0.1, 0.15) is 5.82 Å². The van der Waals surface area contributed by atoms with E-state index in [9.17, 15) is 9.18 Å². The minimum Gasteiger partial charge on any atom is -0.380 e. The molecule has 0 saturated heterocycles. The maximum Gasteiger partial charge on any atom is 0.195 e. The first kappa shape index (κ1) is 15.0. The molecule has 0 aromatic heterocycles. The summed E-state index contributed by atoms with van der Waals surface area (Å²) in [6, 6.07) is 23.0. The van der Waals surface area contributed by atoms with Gasteiger partial charge in [0.05, 0.1) is 0 Å². The third-order valence-corrected chi connectivity index (χ3v) is 3.63. The van der Waals surface area contributed by atoms with Crippen molar-refractivity contribution >= 4 is 11.5 Å². The first-order valence-corrected chi connectivity index (χ1v) is 7.42. The number of para-hydroxylation sites is 1. The number of anilines is 1. The topological polar surface area (TPSA) is 29.1 Å². The van der Waals surface area contributed by atoms with Crippen molar-refractivity contribution < 1.29 is 9.18 Å². The molecule has 1 N–H and O–H groups in total. The van der Waals surface area contributed by atoms with Gasteiger partial charge in [-0.3, -0.25) is 4.79 Å².